The molecule has 1 atom stereocenters. The minimum absolute atomic E-state index is 0.300. The summed E-state index contributed by atoms with van der Waals surface area (Å²) in [6, 6.07) is 9.13. The number of hydrogen-bond acceptors (Lipinski definition) is 5. The summed E-state index contributed by atoms with van der Waals surface area (Å²) in [6.45, 7) is 2.62. The van der Waals surface area contributed by atoms with E-state index in [-0.39, 0.29) is 5.97 Å². The van der Waals surface area contributed by atoms with Crippen LogP contribution in [0.1, 0.15) is 11.8 Å². The molecule has 5 heteroatoms. The molecule has 1 aliphatic rings. The van der Waals surface area contributed by atoms with E-state index < -0.39 is 6.04 Å². The lowest BCUT2D eigenvalue weighted by Crippen LogP contribution is -2.42. The van der Waals surface area contributed by atoms with E-state index in [2.05, 4.69) is 0 Å². The molecule has 1 aromatic heterocycles. The fraction of sp³-hybridized carbons (Fsp3) is 0.400. The zero-order chi connectivity index (χ0) is 13.9. The summed E-state index contributed by atoms with van der Waals surface area (Å²) in [5.41, 5.74) is 0.782. The zero-order valence-electron chi connectivity index (χ0n) is 11.4. The summed E-state index contributed by atoms with van der Waals surface area (Å²) in [4.78, 5) is 14.2. The molecule has 1 fully saturated rings. The van der Waals surface area contributed by atoms with E-state index in [1.165, 1.54) is 7.11 Å². The fourth-order valence-electron chi connectivity index (χ4n) is 2.53. The van der Waals surface area contributed by atoms with Gasteiger partial charge in [0.25, 0.3) is 0 Å². The molecule has 0 N–H and O–H groups in total. The normalized spacial score (nSPS) is 18.1. The second-order valence-electron chi connectivity index (χ2n) is 4.76. The number of esters is 1. The average molecular weight is 275 g/mol. The van der Waals surface area contributed by atoms with Gasteiger partial charge < -0.3 is 13.9 Å². The molecule has 20 heavy (non-hydrogen) atoms. The lowest BCUT2D eigenvalue weighted by atomic mass is 10.1. The highest BCUT2D eigenvalue weighted by atomic mass is 16.5. The number of carbonyl (C=O) groups excluding carboxylic acids is 1. The van der Waals surface area contributed by atoms with E-state index in [0.717, 1.165) is 11.0 Å². The van der Waals surface area contributed by atoms with Crippen LogP contribution in [0.25, 0.3) is 11.0 Å². The van der Waals surface area contributed by atoms with Gasteiger partial charge >= 0.3 is 5.97 Å². The minimum Gasteiger partial charge on any atom is -0.467 e. The first-order valence-corrected chi connectivity index (χ1v) is 6.67. The first kappa shape index (κ1) is 13.1. The molecular weight excluding hydrogens is 258 g/mol. The van der Waals surface area contributed by atoms with Crippen molar-refractivity contribution >= 4 is 16.9 Å². The van der Waals surface area contributed by atoms with Crippen molar-refractivity contribution in [1.29, 1.82) is 0 Å². The van der Waals surface area contributed by atoms with Crippen molar-refractivity contribution in [2.75, 3.05) is 33.4 Å². The number of fused-ring (bicyclic) bond motifs is 1. The summed E-state index contributed by atoms with van der Waals surface area (Å²) in [7, 11) is 1.40. The van der Waals surface area contributed by atoms with Crippen LogP contribution in [0, 0.1) is 0 Å². The van der Waals surface area contributed by atoms with Crippen molar-refractivity contribution in [3.8, 4) is 0 Å². The highest BCUT2D eigenvalue weighted by Gasteiger charge is 2.32. The molecule has 1 saturated heterocycles. The maximum absolute atomic E-state index is 12.1. The summed E-state index contributed by atoms with van der Waals surface area (Å²) in [5.74, 6) is 0.325. The number of morpholine rings is 1. The quantitative estimate of drug-likeness (QED) is 0.802. The van der Waals surface area contributed by atoms with Crippen LogP contribution in [-0.2, 0) is 14.3 Å². The molecule has 0 amide bonds. The first-order valence-electron chi connectivity index (χ1n) is 6.67. The molecule has 1 unspecified atom stereocenters. The van der Waals surface area contributed by atoms with Gasteiger partial charge in [-0.2, -0.15) is 0 Å². The molecule has 2 aromatic rings. The van der Waals surface area contributed by atoms with E-state index >= 15 is 0 Å². The second-order valence-corrected chi connectivity index (χ2v) is 4.76. The van der Waals surface area contributed by atoms with Gasteiger partial charge in [0.1, 0.15) is 11.3 Å². The van der Waals surface area contributed by atoms with E-state index in [4.69, 9.17) is 13.9 Å². The number of methoxy groups -OCH3 is 1. The molecule has 0 saturated carbocycles. The van der Waals surface area contributed by atoms with Gasteiger partial charge in [-0.3, -0.25) is 4.90 Å². The Balaban J connectivity index is 1.97. The van der Waals surface area contributed by atoms with E-state index in [0.29, 0.717) is 32.1 Å². The fourth-order valence-corrected chi connectivity index (χ4v) is 2.53. The Morgan fingerprint density at radius 1 is 1.30 bits per heavy atom. The summed E-state index contributed by atoms with van der Waals surface area (Å²) >= 11 is 0. The highest BCUT2D eigenvalue weighted by molar-refractivity contribution is 5.82. The number of ether oxygens (including phenoxy) is 2. The van der Waals surface area contributed by atoms with Crippen LogP contribution < -0.4 is 0 Å². The molecule has 2 heterocycles. The van der Waals surface area contributed by atoms with Gasteiger partial charge in [-0.05, 0) is 12.1 Å². The zero-order valence-corrected chi connectivity index (χ0v) is 11.4. The third kappa shape index (κ3) is 2.42. The van der Waals surface area contributed by atoms with E-state index in [9.17, 15) is 4.79 Å². The Bertz CT molecular complexity index is 568. The second kappa shape index (κ2) is 5.64. The van der Waals surface area contributed by atoms with Crippen LogP contribution in [0.4, 0.5) is 0 Å². The van der Waals surface area contributed by atoms with Gasteiger partial charge in [-0.25, -0.2) is 4.79 Å². The smallest absolute Gasteiger partial charge is 0.331 e. The predicted molar refractivity (Wildman–Crippen MR) is 73.4 cm³/mol. The molecule has 0 spiro atoms. The van der Waals surface area contributed by atoms with Crippen molar-refractivity contribution in [3.63, 3.8) is 0 Å². The highest BCUT2D eigenvalue weighted by Crippen LogP contribution is 2.29. The van der Waals surface area contributed by atoms with Crippen molar-refractivity contribution in [2.45, 2.75) is 6.04 Å². The molecule has 0 radical (unpaired) electrons. The lowest BCUT2D eigenvalue weighted by Gasteiger charge is -2.31. The average Bonchev–Trinajstić information content (AvgIpc) is 2.91. The Morgan fingerprint density at radius 3 is 2.75 bits per heavy atom. The lowest BCUT2D eigenvalue weighted by molar-refractivity contribution is -0.149. The van der Waals surface area contributed by atoms with Crippen LogP contribution >= 0.6 is 0 Å². The number of para-hydroxylation sites is 1. The van der Waals surface area contributed by atoms with Crippen LogP contribution in [0.3, 0.4) is 0 Å². The molecule has 0 aliphatic carbocycles. The standard InChI is InChI=1S/C15H17NO4/c1-18-15(17)14(16-6-8-19-9-7-16)13-10-11-4-2-3-5-12(11)20-13/h2-5,10,14H,6-9H2,1H3. The largest absolute Gasteiger partial charge is 0.467 e. The Morgan fingerprint density at radius 2 is 2.05 bits per heavy atom. The van der Waals surface area contributed by atoms with Gasteiger partial charge in [0.2, 0.25) is 0 Å². The van der Waals surface area contributed by atoms with Gasteiger partial charge in [-0.1, -0.05) is 18.2 Å². The van der Waals surface area contributed by atoms with Crippen LogP contribution in [0.5, 0.6) is 0 Å². The van der Waals surface area contributed by atoms with Gasteiger partial charge in [0.15, 0.2) is 6.04 Å². The van der Waals surface area contributed by atoms with Gasteiger partial charge in [-0.15, -0.1) is 0 Å². The molecule has 1 aromatic carbocycles. The molecule has 3 rings (SSSR count). The number of furan rings is 1. The number of nitrogens with zero attached hydrogens (tertiary/aromatic N) is 1. The molecule has 5 nitrogen and oxygen atoms in total. The Kier molecular flexibility index (Phi) is 3.71. The molecule has 0 bridgehead atoms. The third-order valence-electron chi connectivity index (χ3n) is 3.55. The van der Waals surface area contributed by atoms with Crippen LogP contribution in [-0.4, -0.2) is 44.3 Å². The van der Waals surface area contributed by atoms with E-state index in [1.54, 1.807) is 0 Å². The summed E-state index contributed by atoms with van der Waals surface area (Å²) in [5, 5.41) is 0.990. The first-order chi connectivity index (χ1) is 9.79. The maximum Gasteiger partial charge on any atom is 0.331 e. The Labute approximate surface area is 117 Å². The van der Waals surface area contributed by atoms with Gasteiger partial charge in [0.05, 0.1) is 20.3 Å². The van der Waals surface area contributed by atoms with Crippen LogP contribution in [0.15, 0.2) is 34.7 Å². The van der Waals surface area contributed by atoms with E-state index in [1.807, 2.05) is 35.2 Å². The monoisotopic (exact) mass is 275 g/mol. The SMILES string of the molecule is COC(=O)C(c1cc2ccccc2o1)N1CCOCC1. The number of rotatable bonds is 3. The molecule has 106 valence electrons. The summed E-state index contributed by atoms with van der Waals surface area (Å²) < 4.78 is 16.1. The van der Waals surface area contributed by atoms with Crippen molar-refractivity contribution < 1.29 is 18.7 Å². The van der Waals surface area contributed by atoms with Gasteiger partial charge in [0, 0.05) is 18.5 Å². The summed E-state index contributed by atoms with van der Waals surface area (Å²) in [6.07, 6.45) is 0. The van der Waals surface area contributed by atoms with Crippen molar-refractivity contribution in [1.82, 2.24) is 4.90 Å². The minimum atomic E-state index is -0.503. The van der Waals surface area contributed by atoms with Crippen molar-refractivity contribution in [3.05, 3.63) is 36.1 Å². The molecule has 1 aliphatic heterocycles. The van der Waals surface area contributed by atoms with Crippen LogP contribution in [0.2, 0.25) is 0 Å². The number of carbonyl (C=O) groups is 1. The Hall–Kier alpha value is -1.85. The maximum atomic E-state index is 12.1. The van der Waals surface area contributed by atoms with Crippen molar-refractivity contribution in [2.24, 2.45) is 0 Å². The molecular formula is C15H17NO4. The third-order valence-corrected chi connectivity index (χ3v) is 3.55. The number of benzene rings is 1. The topological polar surface area (TPSA) is 51.9 Å². The number of hydrogen-bond donors (Lipinski definition) is 0. The predicted octanol–water partition coefficient (Wildman–Crippen LogP) is 1.98.